The molecule has 6 heteroatoms. The third kappa shape index (κ3) is 4.04. The maximum Gasteiger partial charge on any atom is 0.282 e. The van der Waals surface area contributed by atoms with E-state index in [9.17, 15) is 0 Å². The minimum atomic E-state index is 0.468. The molecule has 1 N–H and O–H groups in total. The van der Waals surface area contributed by atoms with Crippen LogP contribution in [0.4, 0.5) is 0 Å². The molecule has 0 aromatic carbocycles. The van der Waals surface area contributed by atoms with Crippen molar-refractivity contribution in [2.45, 2.75) is 50.5 Å². The topological polar surface area (TPSA) is 63.8 Å². The molecular weight excluding hydrogens is 260 g/mol. The monoisotopic (exact) mass is 278 g/mol. The van der Waals surface area contributed by atoms with Crippen molar-refractivity contribution in [2.24, 2.45) is 0 Å². The van der Waals surface area contributed by atoms with E-state index in [2.05, 4.69) is 40.4 Å². The summed E-state index contributed by atoms with van der Waals surface area (Å²) >= 11 is 1.40. The van der Waals surface area contributed by atoms with Crippen LogP contribution in [0.15, 0.2) is 26.9 Å². The highest BCUT2D eigenvalue weighted by atomic mass is 32.2. The van der Waals surface area contributed by atoms with Crippen LogP contribution in [-0.2, 0) is 6.54 Å². The molecule has 0 radical (unpaired) electrons. The normalized spacial score (nSPS) is 11.2. The average molecular weight is 278 g/mol. The lowest BCUT2D eigenvalue weighted by molar-refractivity contribution is 0.429. The Hall–Kier alpha value is -1.40. The molecule has 0 aliphatic rings. The fraction of sp³-hybridized carbons (Fsp3) is 0.462. The van der Waals surface area contributed by atoms with Gasteiger partial charge >= 0.3 is 0 Å². The summed E-state index contributed by atoms with van der Waals surface area (Å²) in [7, 11) is 0. The summed E-state index contributed by atoms with van der Waals surface area (Å²) in [4.78, 5) is 4.46. The largest absolute Gasteiger partial charge is 0.416 e. The van der Waals surface area contributed by atoms with Crippen LogP contribution < -0.4 is 5.32 Å². The van der Waals surface area contributed by atoms with Crippen LogP contribution in [0.5, 0.6) is 0 Å². The molecule has 0 amide bonds. The van der Waals surface area contributed by atoms with Gasteiger partial charge in [-0.2, -0.15) is 0 Å². The van der Waals surface area contributed by atoms with Gasteiger partial charge in [0.1, 0.15) is 5.03 Å². The predicted octanol–water partition coefficient (Wildman–Crippen LogP) is 2.73. The lowest BCUT2D eigenvalue weighted by atomic mass is 10.2. The molecule has 0 aliphatic heterocycles. The number of nitrogens with one attached hydrogen (secondary N) is 1. The molecule has 0 saturated carbocycles. The highest BCUT2D eigenvalue weighted by Gasteiger charge is 2.09. The molecule has 0 aliphatic carbocycles. The van der Waals surface area contributed by atoms with Gasteiger partial charge in [-0.1, -0.05) is 19.9 Å². The molecule has 0 saturated heterocycles. The van der Waals surface area contributed by atoms with Crippen molar-refractivity contribution in [1.82, 2.24) is 20.5 Å². The van der Waals surface area contributed by atoms with E-state index in [1.807, 2.05) is 13.1 Å². The Labute approximate surface area is 117 Å². The molecule has 0 atom stereocenters. The summed E-state index contributed by atoms with van der Waals surface area (Å²) in [5.74, 6) is 0.568. The van der Waals surface area contributed by atoms with E-state index in [1.54, 1.807) is 6.92 Å². The van der Waals surface area contributed by atoms with E-state index < -0.39 is 0 Å². The van der Waals surface area contributed by atoms with Crippen molar-refractivity contribution in [1.29, 1.82) is 0 Å². The smallest absolute Gasteiger partial charge is 0.282 e. The second-order valence-electron chi connectivity index (χ2n) is 4.69. The molecule has 102 valence electrons. The van der Waals surface area contributed by atoms with Gasteiger partial charge in [-0.25, -0.2) is 4.98 Å². The summed E-state index contributed by atoms with van der Waals surface area (Å²) in [6.45, 7) is 8.90. The van der Waals surface area contributed by atoms with E-state index in [1.165, 1.54) is 17.3 Å². The lowest BCUT2D eigenvalue weighted by Gasteiger charge is -2.09. The first-order valence-electron chi connectivity index (χ1n) is 6.21. The number of aryl methyl sites for hydroxylation is 2. The fourth-order valence-electron chi connectivity index (χ4n) is 1.55. The summed E-state index contributed by atoms with van der Waals surface area (Å²) in [6.07, 6.45) is 1.88. The fourth-order valence-corrected chi connectivity index (χ4v) is 2.28. The molecule has 2 aromatic rings. The molecule has 0 bridgehead atoms. The Morgan fingerprint density at radius 2 is 2.11 bits per heavy atom. The van der Waals surface area contributed by atoms with Crippen LogP contribution in [0.3, 0.4) is 0 Å². The van der Waals surface area contributed by atoms with E-state index in [0.717, 1.165) is 17.1 Å². The van der Waals surface area contributed by atoms with Gasteiger partial charge in [-0.05, 0) is 29.8 Å². The van der Waals surface area contributed by atoms with Crippen LogP contribution >= 0.6 is 11.8 Å². The molecule has 19 heavy (non-hydrogen) atoms. The molecule has 5 nitrogen and oxygen atoms in total. The molecular formula is C13H18N4OS. The zero-order valence-electron chi connectivity index (χ0n) is 11.6. The van der Waals surface area contributed by atoms with E-state index >= 15 is 0 Å². The summed E-state index contributed by atoms with van der Waals surface area (Å²) in [6, 6.07) is 2.60. The van der Waals surface area contributed by atoms with Crippen molar-refractivity contribution in [3.63, 3.8) is 0 Å². The maximum absolute atomic E-state index is 5.34. The summed E-state index contributed by atoms with van der Waals surface area (Å²) in [5.41, 5.74) is 2.29. The molecule has 0 unspecified atom stereocenters. The van der Waals surface area contributed by atoms with Gasteiger partial charge in [0.2, 0.25) is 5.89 Å². The third-order valence-corrected chi connectivity index (χ3v) is 3.45. The predicted molar refractivity (Wildman–Crippen MR) is 74.1 cm³/mol. The molecule has 2 aromatic heterocycles. The highest BCUT2D eigenvalue weighted by molar-refractivity contribution is 7.99. The first kappa shape index (κ1) is 14.0. The van der Waals surface area contributed by atoms with Crippen LogP contribution in [0.25, 0.3) is 0 Å². The number of hydrogen-bond acceptors (Lipinski definition) is 6. The molecule has 0 fully saturated rings. The van der Waals surface area contributed by atoms with E-state index in [0.29, 0.717) is 17.2 Å². The first-order chi connectivity index (χ1) is 9.04. The Bertz CT molecular complexity index is 553. The number of aromatic nitrogens is 3. The Balaban J connectivity index is 2.06. The standard InChI is InChI=1S/C13H18N4OS/c1-8(2)14-6-11-5-9(3)12(15-7-11)19-13-17-16-10(4)18-13/h5,7-8,14H,6H2,1-4H3. The van der Waals surface area contributed by atoms with E-state index in [-0.39, 0.29) is 0 Å². The quantitative estimate of drug-likeness (QED) is 0.907. The maximum atomic E-state index is 5.34. The van der Waals surface area contributed by atoms with Gasteiger partial charge in [-0.3, -0.25) is 0 Å². The highest BCUT2D eigenvalue weighted by Crippen LogP contribution is 2.27. The summed E-state index contributed by atoms with van der Waals surface area (Å²) < 4.78 is 5.34. The van der Waals surface area contributed by atoms with Crippen molar-refractivity contribution in [2.75, 3.05) is 0 Å². The first-order valence-corrected chi connectivity index (χ1v) is 7.03. The number of hydrogen-bond donors (Lipinski definition) is 1. The van der Waals surface area contributed by atoms with Gasteiger partial charge in [-0.15, -0.1) is 10.2 Å². The van der Waals surface area contributed by atoms with Crippen molar-refractivity contribution in [3.8, 4) is 0 Å². The number of pyridine rings is 1. The van der Waals surface area contributed by atoms with Gasteiger partial charge in [0.25, 0.3) is 5.22 Å². The Morgan fingerprint density at radius 1 is 1.32 bits per heavy atom. The lowest BCUT2D eigenvalue weighted by Crippen LogP contribution is -2.21. The van der Waals surface area contributed by atoms with Crippen LogP contribution in [0.1, 0.15) is 30.9 Å². The van der Waals surface area contributed by atoms with Crippen LogP contribution in [0, 0.1) is 13.8 Å². The van der Waals surface area contributed by atoms with Crippen molar-refractivity contribution in [3.05, 3.63) is 29.3 Å². The van der Waals surface area contributed by atoms with Gasteiger partial charge in [0, 0.05) is 25.7 Å². The van der Waals surface area contributed by atoms with Gasteiger partial charge in [0.05, 0.1) is 0 Å². The van der Waals surface area contributed by atoms with Gasteiger partial charge < -0.3 is 9.73 Å². The zero-order valence-corrected chi connectivity index (χ0v) is 12.4. The number of nitrogens with zero attached hydrogens (tertiary/aromatic N) is 3. The SMILES string of the molecule is Cc1nnc(Sc2ncc(CNC(C)C)cc2C)o1. The Kier molecular flexibility index (Phi) is 4.55. The zero-order chi connectivity index (χ0) is 13.8. The summed E-state index contributed by atoms with van der Waals surface area (Å²) in [5, 5.41) is 12.6. The molecule has 2 heterocycles. The van der Waals surface area contributed by atoms with Crippen molar-refractivity contribution >= 4 is 11.8 Å². The molecule has 2 rings (SSSR count). The minimum Gasteiger partial charge on any atom is -0.416 e. The van der Waals surface area contributed by atoms with Gasteiger partial charge in [0.15, 0.2) is 0 Å². The van der Waals surface area contributed by atoms with Crippen LogP contribution in [-0.4, -0.2) is 21.2 Å². The van der Waals surface area contributed by atoms with E-state index in [4.69, 9.17) is 4.42 Å². The molecule has 0 spiro atoms. The third-order valence-electron chi connectivity index (χ3n) is 2.49. The number of rotatable bonds is 5. The van der Waals surface area contributed by atoms with Crippen LogP contribution in [0.2, 0.25) is 0 Å². The van der Waals surface area contributed by atoms with Crippen molar-refractivity contribution < 1.29 is 4.42 Å². The minimum absolute atomic E-state index is 0.468. The Morgan fingerprint density at radius 3 is 2.68 bits per heavy atom. The second kappa shape index (κ2) is 6.16. The average Bonchev–Trinajstić information content (AvgIpc) is 2.75. The second-order valence-corrected chi connectivity index (χ2v) is 5.63.